The van der Waals surface area contributed by atoms with Gasteiger partial charge in [-0.05, 0) is 61.2 Å². The molecule has 0 aliphatic rings. The first-order valence-electron chi connectivity index (χ1n) is 7.66. The van der Waals surface area contributed by atoms with E-state index in [2.05, 4.69) is 56.4 Å². The number of benzene rings is 2. The van der Waals surface area contributed by atoms with Gasteiger partial charge in [0, 0.05) is 6.54 Å². The summed E-state index contributed by atoms with van der Waals surface area (Å²) in [6, 6.07) is 14.6. The summed E-state index contributed by atoms with van der Waals surface area (Å²) in [5.74, 6) is 2.38. The quantitative estimate of drug-likeness (QED) is 0.803. The van der Waals surface area contributed by atoms with Gasteiger partial charge in [-0.25, -0.2) is 0 Å². The predicted octanol–water partition coefficient (Wildman–Crippen LogP) is 5.02. The minimum Gasteiger partial charge on any atom is -0.457 e. The van der Waals surface area contributed by atoms with Crippen LogP contribution in [0.2, 0.25) is 0 Å². The molecule has 0 aliphatic heterocycles. The standard InChI is InChI=1S/C19H25NO/c1-5-14(2)18-8-6-7-9-19(18)21-17-11-10-16(13-20-4)15(3)12-17/h6-12,14,20H,5,13H2,1-4H3. The van der Waals surface area contributed by atoms with Crippen LogP contribution in [0.3, 0.4) is 0 Å². The second kappa shape index (κ2) is 7.28. The first-order chi connectivity index (χ1) is 10.2. The van der Waals surface area contributed by atoms with E-state index in [1.165, 1.54) is 16.7 Å². The Morgan fingerprint density at radius 2 is 1.90 bits per heavy atom. The number of nitrogens with one attached hydrogen (secondary N) is 1. The summed E-state index contributed by atoms with van der Waals surface area (Å²) >= 11 is 0. The van der Waals surface area contributed by atoms with Crippen molar-refractivity contribution >= 4 is 0 Å². The average Bonchev–Trinajstić information content (AvgIpc) is 2.50. The van der Waals surface area contributed by atoms with Crippen LogP contribution in [0.15, 0.2) is 42.5 Å². The summed E-state index contributed by atoms with van der Waals surface area (Å²) in [5.41, 5.74) is 3.83. The Bertz CT molecular complexity index is 592. The molecule has 1 N–H and O–H groups in total. The molecule has 0 radical (unpaired) electrons. The molecule has 2 aromatic carbocycles. The molecule has 2 rings (SSSR count). The molecule has 0 fully saturated rings. The molecule has 2 aromatic rings. The van der Waals surface area contributed by atoms with Gasteiger partial charge in [0.1, 0.15) is 11.5 Å². The molecule has 1 unspecified atom stereocenters. The van der Waals surface area contributed by atoms with Crippen LogP contribution in [-0.2, 0) is 6.54 Å². The van der Waals surface area contributed by atoms with Crippen molar-refractivity contribution in [2.75, 3.05) is 7.05 Å². The first kappa shape index (κ1) is 15.6. The van der Waals surface area contributed by atoms with Gasteiger partial charge < -0.3 is 10.1 Å². The molecule has 0 saturated heterocycles. The second-order valence-electron chi connectivity index (χ2n) is 5.57. The third kappa shape index (κ3) is 3.85. The molecule has 21 heavy (non-hydrogen) atoms. The van der Waals surface area contributed by atoms with E-state index in [4.69, 9.17) is 4.74 Å². The lowest BCUT2D eigenvalue weighted by atomic mass is 9.98. The summed E-state index contributed by atoms with van der Waals surface area (Å²) in [7, 11) is 1.96. The Morgan fingerprint density at radius 1 is 1.14 bits per heavy atom. The fourth-order valence-corrected chi connectivity index (χ4v) is 2.45. The summed E-state index contributed by atoms with van der Waals surface area (Å²) in [6.45, 7) is 7.46. The molecule has 0 bridgehead atoms. The fraction of sp³-hybridized carbons (Fsp3) is 0.368. The van der Waals surface area contributed by atoms with Gasteiger partial charge in [0.15, 0.2) is 0 Å². The largest absolute Gasteiger partial charge is 0.457 e. The zero-order chi connectivity index (χ0) is 15.2. The SMILES string of the molecule is CCC(C)c1ccccc1Oc1ccc(CNC)c(C)c1. The molecule has 112 valence electrons. The molecule has 0 saturated carbocycles. The van der Waals surface area contributed by atoms with E-state index in [0.29, 0.717) is 5.92 Å². The van der Waals surface area contributed by atoms with Crippen LogP contribution in [0.25, 0.3) is 0 Å². The summed E-state index contributed by atoms with van der Waals surface area (Å²) in [5, 5.41) is 3.18. The van der Waals surface area contributed by atoms with Crippen molar-refractivity contribution in [2.45, 2.75) is 39.7 Å². The van der Waals surface area contributed by atoms with Crippen LogP contribution < -0.4 is 10.1 Å². The Morgan fingerprint density at radius 3 is 2.57 bits per heavy atom. The third-order valence-electron chi connectivity index (χ3n) is 3.97. The molecule has 1 atom stereocenters. The monoisotopic (exact) mass is 283 g/mol. The predicted molar refractivity (Wildman–Crippen MR) is 89.2 cm³/mol. The van der Waals surface area contributed by atoms with Crippen molar-refractivity contribution in [3.63, 3.8) is 0 Å². The highest BCUT2D eigenvalue weighted by atomic mass is 16.5. The summed E-state index contributed by atoms with van der Waals surface area (Å²) < 4.78 is 6.13. The van der Waals surface area contributed by atoms with Crippen LogP contribution >= 0.6 is 0 Å². The molecule has 2 nitrogen and oxygen atoms in total. The third-order valence-corrected chi connectivity index (χ3v) is 3.97. The molecule has 0 aromatic heterocycles. The van der Waals surface area contributed by atoms with Gasteiger partial charge in [-0.3, -0.25) is 0 Å². The lowest BCUT2D eigenvalue weighted by Gasteiger charge is -2.16. The van der Waals surface area contributed by atoms with E-state index in [0.717, 1.165) is 24.5 Å². The van der Waals surface area contributed by atoms with Crippen LogP contribution in [0.4, 0.5) is 0 Å². The van der Waals surface area contributed by atoms with Crippen LogP contribution in [0.1, 0.15) is 42.9 Å². The molecule has 0 heterocycles. The summed E-state index contributed by atoms with van der Waals surface area (Å²) in [6.07, 6.45) is 1.11. The lowest BCUT2D eigenvalue weighted by Crippen LogP contribution is -2.06. The molecular formula is C19H25NO. The number of hydrogen-bond donors (Lipinski definition) is 1. The highest BCUT2D eigenvalue weighted by molar-refractivity contribution is 5.42. The highest BCUT2D eigenvalue weighted by Crippen LogP contribution is 2.32. The van der Waals surface area contributed by atoms with Crippen LogP contribution in [-0.4, -0.2) is 7.05 Å². The number of para-hydroxylation sites is 1. The number of hydrogen-bond acceptors (Lipinski definition) is 2. The number of ether oxygens (including phenoxy) is 1. The Labute approximate surface area is 128 Å². The van der Waals surface area contributed by atoms with Crippen LogP contribution in [0.5, 0.6) is 11.5 Å². The lowest BCUT2D eigenvalue weighted by molar-refractivity contribution is 0.469. The van der Waals surface area contributed by atoms with Gasteiger partial charge in [0.05, 0.1) is 0 Å². The van der Waals surface area contributed by atoms with E-state index in [-0.39, 0.29) is 0 Å². The molecular weight excluding hydrogens is 258 g/mol. The van der Waals surface area contributed by atoms with Crippen molar-refractivity contribution in [1.82, 2.24) is 5.32 Å². The number of rotatable bonds is 6. The second-order valence-corrected chi connectivity index (χ2v) is 5.57. The minimum atomic E-state index is 0.505. The van der Waals surface area contributed by atoms with Crippen molar-refractivity contribution in [3.05, 3.63) is 59.2 Å². The zero-order valence-corrected chi connectivity index (χ0v) is 13.4. The molecule has 2 heteroatoms. The van der Waals surface area contributed by atoms with E-state index in [9.17, 15) is 0 Å². The first-order valence-corrected chi connectivity index (χ1v) is 7.66. The van der Waals surface area contributed by atoms with Gasteiger partial charge in [-0.15, -0.1) is 0 Å². The van der Waals surface area contributed by atoms with Gasteiger partial charge in [-0.2, -0.15) is 0 Å². The van der Waals surface area contributed by atoms with Crippen molar-refractivity contribution in [2.24, 2.45) is 0 Å². The van der Waals surface area contributed by atoms with Gasteiger partial charge in [0.25, 0.3) is 0 Å². The highest BCUT2D eigenvalue weighted by Gasteiger charge is 2.10. The summed E-state index contributed by atoms with van der Waals surface area (Å²) in [4.78, 5) is 0. The Hall–Kier alpha value is -1.80. The van der Waals surface area contributed by atoms with Gasteiger partial charge in [0.2, 0.25) is 0 Å². The van der Waals surface area contributed by atoms with Gasteiger partial charge in [-0.1, -0.05) is 38.1 Å². The zero-order valence-electron chi connectivity index (χ0n) is 13.4. The Kier molecular flexibility index (Phi) is 5.40. The Balaban J connectivity index is 2.24. The number of aryl methyl sites for hydroxylation is 1. The maximum absolute atomic E-state index is 6.13. The average molecular weight is 283 g/mol. The minimum absolute atomic E-state index is 0.505. The van der Waals surface area contributed by atoms with E-state index in [1.54, 1.807) is 0 Å². The van der Waals surface area contributed by atoms with E-state index < -0.39 is 0 Å². The van der Waals surface area contributed by atoms with Gasteiger partial charge >= 0.3 is 0 Å². The van der Waals surface area contributed by atoms with Crippen molar-refractivity contribution in [3.8, 4) is 11.5 Å². The molecule has 0 spiro atoms. The molecule has 0 amide bonds. The smallest absolute Gasteiger partial charge is 0.130 e. The maximum Gasteiger partial charge on any atom is 0.130 e. The topological polar surface area (TPSA) is 21.3 Å². The molecule has 0 aliphatic carbocycles. The van der Waals surface area contributed by atoms with E-state index >= 15 is 0 Å². The van der Waals surface area contributed by atoms with Crippen molar-refractivity contribution in [1.29, 1.82) is 0 Å². The maximum atomic E-state index is 6.13. The van der Waals surface area contributed by atoms with Crippen LogP contribution in [0, 0.1) is 6.92 Å². The van der Waals surface area contributed by atoms with Crippen molar-refractivity contribution < 1.29 is 4.74 Å². The fourth-order valence-electron chi connectivity index (χ4n) is 2.45. The normalized spacial score (nSPS) is 12.2. The van der Waals surface area contributed by atoms with E-state index in [1.807, 2.05) is 19.2 Å².